The van der Waals surface area contributed by atoms with Crippen LogP contribution in [0.2, 0.25) is 0 Å². The largest absolute Gasteiger partial charge is 0.341 e. The number of nitrogens with one attached hydrogen (secondary N) is 1. The number of rotatable bonds is 6. The lowest BCUT2D eigenvalue weighted by Gasteiger charge is -2.33. The van der Waals surface area contributed by atoms with Crippen molar-refractivity contribution in [1.82, 2.24) is 15.1 Å². The molecule has 1 fully saturated rings. The molecule has 2 rings (SSSR count). The number of halogens is 1. The van der Waals surface area contributed by atoms with Crippen LogP contribution in [0.25, 0.3) is 0 Å². The second kappa shape index (κ2) is 7.89. The summed E-state index contributed by atoms with van der Waals surface area (Å²) in [6.07, 6.45) is 0.102. The van der Waals surface area contributed by atoms with Crippen molar-refractivity contribution >= 4 is 11.8 Å². The summed E-state index contributed by atoms with van der Waals surface area (Å²) in [7, 11) is 1.72. The molecule has 0 aromatic heterocycles. The molecule has 120 valence electrons. The van der Waals surface area contributed by atoms with E-state index in [1.165, 1.54) is 4.90 Å². The van der Waals surface area contributed by atoms with Crippen molar-refractivity contribution in [2.24, 2.45) is 0 Å². The van der Waals surface area contributed by atoms with Crippen LogP contribution in [0.15, 0.2) is 30.3 Å². The molecule has 0 aliphatic carbocycles. The zero-order valence-electron chi connectivity index (χ0n) is 12.8. The van der Waals surface area contributed by atoms with Gasteiger partial charge >= 0.3 is 0 Å². The average Bonchev–Trinajstić information content (AvgIpc) is 2.52. The molecule has 1 N–H and O–H groups in total. The van der Waals surface area contributed by atoms with Crippen molar-refractivity contribution < 1.29 is 14.0 Å². The topological polar surface area (TPSA) is 52.7 Å². The van der Waals surface area contributed by atoms with Gasteiger partial charge in [0.1, 0.15) is 6.67 Å². The van der Waals surface area contributed by atoms with Gasteiger partial charge in [0, 0.05) is 33.2 Å². The average molecular weight is 307 g/mol. The van der Waals surface area contributed by atoms with Gasteiger partial charge in [0.2, 0.25) is 11.8 Å². The lowest BCUT2D eigenvalue weighted by molar-refractivity contribution is -0.140. The summed E-state index contributed by atoms with van der Waals surface area (Å²) in [6.45, 7) is 1.14. The Balaban J connectivity index is 1.89. The lowest BCUT2D eigenvalue weighted by atomic mass is 10.1. The molecule has 1 aromatic rings. The third-order valence-corrected chi connectivity index (χ3v) is 3.80. The molecule has 1 heterocycles. The Hall–Kier alpha value is -1.95. The third-order valence-electron chi connectivity index (χ3n) is 3.80. The summed E-state index contributed by atoms with van der Waals surface area (Å²) < 4.78 is 12.4. The SMILES string of the molecule is CN(Cc1ccccc1)C(=O)CC1NCCN(CCF)C1=O. The molecule has 6 heteroatoms. The predicted molar refractivity (Wildman–Crippen MR) is 81.9 cm³/mol. The van der Waals surface area contributed by atoms with E-state index < -0.39 is 12.7 Å². The highest BCUT2D eigenvalue weighted by atomic mass is 19.1. The maximum absolute atomic E-state index is 12.4. The van der Waals surface area contributed by atoms with Gasteiger partial charge in [-0.2, -0.15) is 0 Å². The summed E-state index contributed by atoms with van der Waals surface area (Å²) in [5.74, 6) is -0.290. The molecule has 1 aromatic carbocycles. The molecule has 1 aliphatic heterocycles. The minimum Gasteiger partial charge on any atom is -0.341 e. The lowest BCUT2D eigenvalue weighted by Crippen LogP contribution is -2.56. The summed E-state index contributed by atoms with van der Waals surface area (Å²) in [5, 5.41) is 3.05. The van der Waals surface area contributed by atoms with E-state index in [2.05, 4.69) is 5.32 Å². The van der Waals surface area contributed by atoms with Crippen LogP contribution in [-0.4, -0.2) is 61.0 Å². The first-order chi connectivity index (χ1) is 10.6. The number of nitrogens with zero attached hydrogens (tertiary/aromatic N) is 2. The molecule has 22 heavy (non-hydrogen) atoms. The Kier molecular flexibility index (Phi) is 5.89. The van der Waals surface area contributed by atoms with Crippen molar-refractivity contribution in [2.45, 2.75) is 19.0 Å². The number of amides is 2. The zero-order valence-corrected chi connectivity index (χ0v) is 12.8. The van der Waals surface area contributed by atoms with Crippen LogP contribution in [0.5, 0.6) is 0 Å². The number of piperazine rings is 1. The maximum Gasteiger partial charge on any atom is 0.240 e. The first-order valence-corrected chi connectivity index (χ1v) is 7.48. The van der Waals surface area contributed by atoms with Crippen molar-refractivity contribution in [2.75, 3.05) is 33.4 Å². The van der Waals surface area contributed by atoms with Gasteiger partial charge in [-0.15, -0.1) is 0 Å². The van der Waals surface area contributed by atoms with Crippen molar-refractivity contribution in [3.8, 4) is 0 Å². The van der Waals surface area contributed by atoms with Crippen LogP contribution in [0.3, 0.4) is 0 Å². The summed E-state index contributed by atoms with van der Waals surface area (Å²) in [6, 6.07) is 9.14. The van der Waals surface area contributed by atoms with E-state index in [4.69, 9.17) is 0 Å². The van der Waals surface area contributed by atoms with Crippen LogP contribution in [0.4, 0.5) is 4.39 Å². The first-order valence-electron chi connectivity index (χ1n) is 7.48. The van der Waals surface area contributed by atoms with E-state index in [1.54, 1.807) is 11.9 Å². The van der Waals surface area contributed by atoms with Crippen LogP contribution in [0, 0.1) is 0 Å². The van der Waals surface area contributed by atoms with E-state index in [0.717, 1.165) is 5.56 Å². The Morgan fingerprint density at radius 1 is 1.41 bits per heavy atom. The van der Waals surface area contributed by atoms with Crippen LogP contribution in [-0.2, 0) is 16.1 Å². The monoisotopic (exact) mass is 307 g/mol. The molecule has 0 saturated carbocycles. The molecule has 1 atom stereocenters. The molecule has 1 unspecified atom stereocenters. The van der Waals surface area contributed by atoms with Gasteiger partial charge in [-0.25, -0.2) is 4.39 Å². The maximum atomic E-state index is 12.4. The Bertz CT molecular complexity index is 507. The van der Waals surface area contributed by atoms with Gasteiger partial charge in [-0.1, -0.05) is 30.3 Å². The predicted octanol–water partition coefficient (Wildman–Crippen LogP) is 0.805. The normalized spacial score (nSPS) is 18.4. The quantitative estimate of drug-likeness (QED) is 0.846. The summed E-state index contributed by atoms with van der Waals surface area (Å²) >= 11 is 0. The highest BCUT2D eigenvalue weighted by Gasteiger charge is 2.30. The van der Waals surface area contributed by atoms with Gasteiger partial charge in [0.15, 0.2) is 0 Å². The second-order valence-corrected chi connectivity index (χ2v) is 5.46. The molecule has 0 radical (unpaired) electrons. The highest BCUT2D eigenvalue weighted by Crippen LogP contribution is 2.09. The number of alkyl halides is 1. The van der Waals surface area contributed by atoms with E-state index in [9.17, 15) is 14.0 Å². The van der Waals surface area contributed by atoms with E-state index in [-0.39, 0.29) is 24.8 Å². The fraction of sp³-hybridized carbons (Fsp3) is 0.500. The van der Waals surface area contributed by atoms with E-state index >= 15 is 0 Å². The van der Waals surface area contributed by atoms with Crippen LogP contribution in [0.1, 0.15) is 12.0 Å². The Morgan fingerprint density at radius 3 is 2.82 bits per heavy atom. The number of hydrogen-bond donors (Lipinski definition) is 1. The minimum atomic E-state index is -0.555. The number of carbonyl (C=O) groups excluding carboxylic acids is 2. The molecule has 5 nitrogen and oxygen atoms in total. The summed E-state index contributed by atoms with van der Waals surface area (Å²) in [4.78, 5) is 27.5. The third kappa shape index (κ3) is 4.27. The smallest absolute Gasteiger partial charge is 0.240 e. The number of carbonyl (C=O) groups is 2. The van der Waals surface area contributed by atoms with Crippen molar-refractivity contribution in [3.63, 3.8) is 0 Å². The molecular formula is C16H22FN3O2. The van der Waals surface area contributed by atoms with Gasteiger partial charge < -0.3 is 15.1 Å². The Morgan fingerprint density at radius 2 is 2.14 bits per heavy atom. The van der Waals surface area contributed by atoms with Crippen LogP contribution >= 0.6 is 0 Å². The molecule has 0 bridgehead atoms. The van der Waals surface area contributed by atoms with Gasteiger partial charge in [-0.3, -0.25) is 9.59 Å². The van der Waals surface area contributed by atoms with E-state index in [0.29, 0.717) is 19.6 Å². The minimum absolute atomic E-state index is 0.100. The Labute approximate surface area is 130 Å². The zero-order chi connectivity index (χ0) is 15.9. The standard InChI is InChI=1S/C16H22FN3O2/c1-19(12-13-5-3-2-4-6-13)15(21)11-14-16(22)20(9-7-17)10-8-18-14/h2-6,14,18H,7-12H2,1H3. The second-order valence-electron chi connectivity index (χ2n) is 5.46. The number of benzene rings is 1. The number of hydrogen-bond acceptors (Lipinski definition) is 3. The molecule has 1 saturated heterocycles. The van der Waals surface area contributed by atoms with Gasteiger partial charge in [-0.05, 0) is 5.56 Å². The molecule has 1 aliphatic rings. The molecule has 2 amide bonds. The van der Waals surface area contributed by atoms with Crippen molar-refractivity contribution in [3.05, 3.63) is 35.9 Å². The van der Waals surface area contributed by atoms with Crippen LogP contribution < -0.4 is 5.32 Å². The van der Waals surface area contributed by atoms with Gasteiger partial charge in [0.05, 0.1) is 12.5 Å². The fourth-order valence-electron chi connectivity index (χ4n) is 2.55. The van der Waals surface area contributed by atoms with Gasteiger partial charge in [0.25, 0.3) is 0 Å². The fourth-order valence-corrected chi connectivity index (χ4v) is 2.55. The molecule has 0 spiro atoms. The highest BCUT2D eigenvalue weighted by molar-refractivity contribution is 5.88. The first kappa shape index (κ1) is 16.4. The van der Waals surface area contributed by atoms with E-state index in [1.807, 2.05) is 30.3 Å². The van der Waals surface area contributed by atoms with Crippen molar-refractivity contribution in [1.29, 1.82) is 0 Å². The molecular weight excluding hydrogens is 285 g/mol. The summed E-state index contributed by atoms with van der Waals surface area (Å²) in [5.41, 5.74) is 1.04.